The normalized spacial score (nSPS) is 17.4. The maximum Gasteiger partial charge on any atom is 0.195 e. The van der Waals surface area contributed by atoms with Crippen LogP contribution in [0.3, 0.4) is 0 Å². The maximum absolute atomic E-state index is 13.5. The van der Waals surface area contributed by atoms with E-state index in [0.29, 0.717) is 52.1 Å². The Morgan fingerprint density at radius 1 is 1.15 bits per heavy atom. The highest BCUT2D eigenvalue weighted by atomic mass is 35.5. The quantitative estimate of drug-likeness (QED) is 0.312. The van der Waals surface area contributed by atoms with E-state index in [-0.39, 0.29) is 23.0 Å². The van der Waals surface area contributed by atoms with Crippen LogP contribution < -0.4 is 10.6 Å². The van der Waals surface area contributed by atoms with Crippen molar-refractivity contribution in [2.24, 2.45) is 5.73 Å². The van der Waals surface area contributed by atoms with Crippen LogP contribution in [0.25, 0.3) is 16.9 Å². The first-order valence-electron chi connectivity index (χ1n) is 12.4. The standard InChI is InChI=1S/C29H22ClFN6OS/c1-16-24(27(30)37(35-16)19-6-3-2-4-7-19)25-20(14-32)28(33)36(22-8-5-9-23(38)26(22)25)29-34-21(15-39-29)17-10-12-18(31)13-11-17/h2-4,6-7,10-13,15,25H,5,8-9,33H2,1H3. The monoisotopic (exact) mass is 556 g/mol. The van der Waals surface area contributed by atoms with E-state index in [1.165, 1.54) is 23.5 Å². The van der Waals surface area contributed by atoms with E-state index in [1.807, 2.05) is 42.6 Å². The lowest BCUT2D eigenvalue weighted by Gasteiger charge is -2.38. The van der Waals surface area contributed by atoms with Crippen molar-refractivity contribution in [3.8, 4) is 23.0 Å². The van der Waals surface area contributed by atoms with Crippen LogP contribution >= 0.6 is 22.9 Å². The van der Waals surface area contributed by atoms with E-state index in [0.717, 1.165) is 16.9 Å². The zero-order chi connectivity index (χ0) is 27.3. The second-order valence-corrected chi connectivity index (χ2v) is 10.6. The molecule has 10 heteroatoms. The van der Waals surface area contributed by atoms with Crippen LogP contribution in [-0.4, -0.2) is 20.5 Å². The number of carbonyl (C=O) groups excluding carboxylic acids is 1. The van der Waals surface area contributed by atoms with Crippen LogP contribution in [0.15, 0.2) is 82.6 Å². The van der Waals surface area contributed by atoms with E-state index in [4.69, 9.17) is 22.3 Å². The fourth-order valence-electron chi connectivity index (χ4n) is 5.29. The number of thiazole rings is 1. The Labute approximate surface area is 233 Å². The number of nitriles is 1. The minimum Gasteiger partial charge on any atom is -0.384 e. The number of anilines is 1. The SMILES string of the molecule is Cc1nn(-c2ccccc2)c(Cl)c1C1C(C#N)=C(N)N(c2nc(-c3ccc(F)cc3)cs2)C2=C1C(=O)CCC2. The van der Waals surface area contributed by atoms with Gasteiger partial charge in [-0.2, -0.15) is 10.4 Å². The molecule has 39 heavy (non-hydrogen) atoms. The minimum absolute atomic E-state index is 0.0512. The first-order chi connectivity index (χ1) is 18.9. The average molecular weight is 557 g/mol. The Bertz CT molecular complexity index is 1710. The summed E-state index contributed by atoms with van der Waals surface area (Å²) >= 11 is 8.27. The van der Waals surface area contributed by atoms with Crippen molar-refractivity contribution in [3.63, 3.8) is 0 Å². The van der Waals surface area contributed by atoms with Gasteiger partial charge >= 0.3 is 0 Å². The Kier molecular flexibility index (Phi) is 6.29. The van der Waals surface area contributed by atoms with Crippen LogP contribution in [-0.2, 0) is 4.79 Å². The second-order valence-electron chi connectivity index (χ2n) is 9.38. The third-order valence-electron chi connectivity index (χ3n) is 7.07. The third-order valence-corrected chi connectivity index (χ3v) is 8.26. The molecule has 3 heterocycles. The number of aromatic nitrogens is 3. The van der Waals surface area contributed by atoms with Crippen molar-refractivity contribution in [2.75, 3.05) is 4.90 Å². The van der Waals surface area contributed by atoms with Crippen molar-refractivity contribution in [1.29, 1.82) is 5.26 Å². The van der Waals surface area contributed by atoms with Gasteiger partial charge < -0.3 is 5.73 Å². The second kappa shape index (κ2) is 9.80. The molecule has 1 aliphatic heterocycles. The molecule has 0 saturated heterocycles. The number of ketones is 1. The van der Waals surface area contributed by atoms with Gasteiger partial charge in [-0.1, -0.05) is 29.8 Å². The molecule has 2 aliphatic rings. The molecular weight excluding hydrogens is 535 g/mol. The Balaban J connectivity index is 1.51. The molecule has 0 saturated carbocycles. The number of allylic oxidation sites excluding steroid dienone is 3. The summed E-state index contributed by atoms with van der Waals surface area (Å²) in [6, 6.07) is 17.8. The predicted octanol–water partition coefficient (Wildman–Crippen LogP) is 6.40. The van der Waals surface area contributed by atoms with E-state index in [2.05, 4.69) is 11.2 Å². The summed E-state index contributed by atoms with van der Waals surface area (Å²) in [4.78, 5) is 20.0. The fourth-order valence-corrected chi connectivity index (χ4v) is 6.55. The molecule has 2 aromatic carbocycles. The number of aryl methyl sites for hydroxylation is 1. The lowest BCUT2D eigenvalue weighted by atomic mass is 9.76. The summed E-state index contributed by atoms with van der Waals surface area (Å²) in [5, 5.41) is 17.7. The van der Waals surface area contributed by atoms with Gasteiger partial charge in [0.2, 0.25) is 0 Å². The molecule has 1 unspecified atom stereocenters. The van der Waals surface area contributed by atoms with E-state index in [9.17, 15) is 14.4 Å². The van der Waals surface area contributed by atoms with Crippen molar-refractivity contribution in [3.05, 3.63) is 105 Å². The van der Waals surface area contributed by atoms with Gasteiger partial charge in [0.1, 0.15) is 16.8 Å². The van der Waals surface area contributed by atoms with E-state index >= 15 is 0 Å². The molecule has 0 spiro atoms. The van der Waals surface area contributed by atoms with Crippen molar-refractivity contribution < 1.29 is 9.18 Å². The predicted molar refractivity (Wildman–Crippen MR) is 149 cm³/mol. The number of Topliss-reactive ketones (excluding diaryl/α,β-unsaturated/α-hetero) is 1. The number of hydrogen-bond donors (Lipinski definition) is 1. The number of nitrogens with two attached hydrogens (primary N) is 1. The minimum atomic E-state index is -0.740. The highest BCUT2D eigenvalue weighted by Gasteiger charge is 2.43. The van der Waals surface area contributed by atoms with Crippen molar-refractivity contribution >= 4 is 33.9 Å². The van der Waals surface area contributed by atoms with Crippen molar-refractivity contribution in [2.45, 2.75) is 32.1 Å². The van der Waals surface area contributed by atoms with Gasteiger partial charge in [0.15, 0.2) is 10.9 Å². The number of nitrogens with zero attached hydrogens (tertiary/aromatic N) is 5. The summed E-state index contributed by atoms with van der Waals surface area (Å²) in [6.07, 6.45) is 1.61. The third kappa shape index (κ3) is 4.13. The van der Waals surface area contributed by atoms with Gasteiger partial charge in [-0.15, -0.1) is 11.3 Å². The Morgan fingerprint density at radius 3 is 2.62 bits per heavy atom. The van der Waals surface area contributed by atoms with Crippen LogP contribution in [0.1, 0.15) is 36.4 Å². The highest BCUT2D eigenvalue weighted by molar-refractivity contribution is 7.14. The molecule has 2 N–H and O–H groups in total. The Morgan fingerprint density at radius 2 is 1.90 bits per heavy atom. The number of carbonyl (C=O) groups is 1. The van der Waals surface area contributed by atoms with Gasteiger partial charge in [-0.05, 0) is 56.2 Å². The zero-order valence-corrected chi connectivity index (χ0v) is 22.4. The number of benzene rings is 2. The van der Waals surface area contributed by atoms with Crippen LogP contribution in [0, 0.1) is 24.1 Å². The molecule has 1 atom stereocenters. The van der Waals surface area contributed by atoms with Crippen molar-refractivity contribution in [1.82, 2.24) is 14.8 Å². The number of hydrogen-bond acceptors (Lipinski definition) is 7. The molecule has 7 nitrogen and oxygen atoms in total. The van der Waals surface area contributed by atoms with Gasteiger partial charge in [-0.3, -0.25) is 9.69 Å². The molecule has 4 aromatic rings. The molecule has 1 aliphatic carbocycles. The maximum atomic E-state index is 13.5. The smallest absolute Gasteiger partial charge is 0.195 e. The van der Waals surface area contributed by atoms with Crippen LogP contribution in [0.4, 0.5) is 9.52 Å². The summed E-state index contributed by atoms with van der Waals surface area (Å²) in [6.45, 7) is 1.82. The van der Waals surface area contributed by atoms with Gasteiger partial charge in [0.25, 0.3) is 0 Å². The average Bonchev–Trinajstić information content (AvgIpc) is 3.53. The lowest BCUT2D eigenvalue weighted by molar-refractivity contribution is -0.116. The zero-order valence-electron chi connectivity index (χ0n) is 20.9. The summed E-state index contributed by atoms with van der Waals surface area (Å²) in [7, 11) is 0. The van der Waals surface area contributed by atoms with E-state index in [1.54, 1.807) is 21.7 Å². The summed E-state index contributed by atoms with van der Waals surface area (Å²) in [5.74, 6) is -0.915. The van der Waals surface area contributed by atoms with Gasteiger partial charge in [-0.25, -0.2) is 14.1 Å². The van der Waals surface area contributed by atoms with Crippen LogP contribution in [0.2, 0.25) is 5.15 Å². The number of halogens is 2. The molecular formula is C29H22ClFN6OS. The largest absolute Gasteiger partial charge is 0.384 e. The molecule has 0 radical (unpaired) electrons. The lowest BCUT2D eigenvalue weighted by Crippen LogP contribution is -2.38. The topological polar surface area (TPSA) is 101 Å². The molecule has 194 valence electrons. The summed E-state index contributed by atoms with van der Waals surface area (Å²) < 4.78 is 15.1. The highest BCUT2D eigenvalue weighted by Crippen LogP contribution is 2.49. The first-order valence-corrected chi connectivity index (χ1v) is 13.6. The molecule has 6 rings (SSSR count). The van der Waals surface area contributed by atoms with Crippen LogP contribution in [0.5, 0.6) is 0 Å². The van der Waals surface area contributed by atoms with Gasteiger partial charge in [0, 0.05) is 34.2 Å². The first kappa shape index (κ1) is 25.0. The fraction of sp³-hybridized carbons (Fsp3) is 0.172. The number of rotatable bonds is 4. The number of para-hydroxylation sites is 1. The molecule has 0 fully saturated rings. The molecule has 0 bridgehead atoms. The van der Waals surface area contributed by atoms with Gasteiger partial charge in [0.05, 0.1) is 34.6 Å². The Hall–Kier alpha value is -4.26. The molecule has 0 amide bonds. The summed E-state index contributed by atoms with van der Waals surface area (Å²) in [5.41, 5.74) is 11.5. The van der Waals surface area contributed by atoms with E-state index < -0.39 is 5.92 Å². The molecule has 2 aromatic heterocycles.